The average Bonchev–Trinajstić information content (AvgIpc) is 3.35. The molecular weight excluding hydrogens is 474 g/mol. The number of likely N-dealkylation sites (N-methyl/N-ethyl adjacent to an activating group) is 1. The smallest absolute Gasteiger partial charge is 0.410 e. The number of ether oxygens (including phenoxy) is 2. The fourth-order valence-corrected chi connectivity index (χ4v) is 4.55. The van der Waals surface area contributed by atoms with E-state index in [2.05, 4.69) is 10.3 Å². The van der Waals surface area contributed by atoms with E-state index < -0.39 is 12.2 Å². The van der Waals surface area contributed by atoms with Crippen molar-refractivity contribution in [2.24, 2.45) is 5.92 Å². The third-order valence-corrected chi connectivity index (χ3v) is 6.85. The van der Waals surface area contributed by atoms with Crippen molar-refractivity contribution in [2.75, 3.05) is 26.7 Å². The molecule has 10 heteroatoms. The molecule has 0 unspecified atom stereocenters. The Balaban J connectivity index is 1.52. The standard InChI is InChI=1S/C27H35N5O5/c1-19-15-31(20(2)17-33)26(34)12-7-13-32-22(14-28-29-32)18-36-25(19)16-30(3)27(35)37-24-11-6-9-21-8-4-5-10-23(21)24/h4-6,8-11,14,19-20,25,33H,7,12-13,15-18H2,1-3H3/t19-,20+,25+/m1/s1. The lowest BCUT2D eigenvalue weighted by atomic mass is 10.0. The van der Waals surface area contributed by atoms with Gasteiger partial charge in [-0.25, -0.2) is 9.48 Å². The quantitative estimate of drug-likeness (QED) is 0.563. The molecule has 0 radical (unpaired) electrons. The molecule has 10 nitrogen and oxygen atoms in total. The normalized spacial score (nSPS) is 20.0. The Hall–Kier alpha value is -3.50. The van der Waals surface area contributed by atoms with Crippen LogP contribution >= 0.6 is 0 Å². The summed E-state index contributed by atoms with van der Waals surface area (Å²) in [4.78, 5) is 29.3. The molecule has 0 saturated heterocycles. The minimum Gasteiger partial charge on any atom is -0.410 e. The van der Waals surface area contributed by atoms with Crippen molar-refractivity contribution in [3.05, 3.63) is 54.4 Å². The van der Waals surface area contributed by atoms with E-state index in [1.54, 1.807) is 28.9 Å². The lowest BCUT2D eigenvalue weighted by molar-refractivity contribution is -0.136. The van der Waals surface area contributed by atoms with Crippen LogP contribution in [-0.2, 0) is 22.7 Å². The number of carbonyl (C=O) groups excluding carboxylic acids is 2. The molecule has 0 spiro atoms. The Labute approximate surface area is 216 Å². The molecular formula is C27H35N5O5. The van der Waals surface area contributed by atoms with Gasteiger partial charge in [0.05, 0.1) is 43.8 Å². The number of hydrogen-bond donors (Lipinski definition) is 1. The molecule has 37 heavy (non-hydrogen) atoms. The minimum atomic E-state index is -0.498. The first-order valence-corrected chi connectivity index (χ1v) is 12.7. The number of nitrogens with zero attached hydrogens (tertiary/aromatic N) is 5. The molecule has 1 N–H and O–H groups in total. The van der Waals surface area contributed by atoms with E-state index in [-0.39, 0.29) is 37.6 Å². The number of aliphatic hydroxyl groups excluding tert-OH is 1. The Kier molecular flexibility index (Phi) is 8.73. The van der Waals surface area contributed by atoms with E-state index in [4.69, 9.17) is 9.47 Å². The molecule has 3 atom stereocenters. The van der Waals surface area contributed by atoms with Crippen LogP contribution in [0.25, 0.3) is 10.8 Å². The fraction of sp³-hybridized carbons (Fsp3) is 0.481. The number of rotatable bonds is 5. The van der Waals surface area contributed by atoms with Crippen LogP contribution in [0.2, 0.25) is 0 Å². The molecule has 1 aromatic heterocycles. The van der Waals surface area contributed by atoms with Crippen LogP contribution in [0, 0.1) is 5.92 Å². The number of aromatic nitrogens is 3. The molecule has 4 rings (SSSR count). The van der Waals surface area contributed by atoms with Gasteiger partial charge in [0.1, 0.15) is 5.75 Å². The number of fused-ring (bicyclic) bond motifs is 2. The summed E-state index contributed by atoms with van der Waals surface area (Å²) < 4.78 is 13.8. The number of benzene rings is 2. The number of aliphatic hydroxyl groups is 1. The van der Waals surface area contributed by atoms with Gasteiger partial charge >= 0.3 is 6.09 Å². The van der Waals surface area contributed by atoms with E-state index in [0.717, 1.165) is 16.5 Å². The maximum absolute atomic E-state index is 13.1. The molecule has 3 aromatic rings. The summed E-state index contributed by atoms with van der Waals surface area (Å²) in [7, 11) is 1.67. The van der Waals surface area contributed by atoms with Gasteiger partial charge in [-0.1, -0.05) is 48.5 Å². The van der Waals surface area contributed by atoms with Gasteiger partial charge in [-0.2, -0.15) is 0 Å². The zero-order chi connectivity index (χ0) is 26.4. The van der Waals surface area contributed by atoms with Gasteiger partial charge in [-0.05, 0) is 24.8 Å². The van der Waals surface area contributed by atoms with Crippen molar-refractivity contribution < 1.29 is 24.2 Å². The maximum Gasteiger partial charge on any atom is 0.415 e. The van der Waals surface area contributed by atoms with Gasteiger partial charge in [0.2, 0.25) is 5.91 Å². The highest BCUT2D eigenvalue weighted by Gasteiger charge is 2.29. The van der Waals surface area contributed by atoms with Crippen LogP contribution in [0.3, 0.4) is 0 Å². The molecule has 2 aromatic carbocycles. The van der Waals surface area contributed by atoms with Crippen molar-refractivity contribution in [1.29, 1.82) is 0 Å². The summed E-state index contributed by atoms with van der Waals surface area (Å²) in [6.07, 6.45) is 1.72. The van der Waals surface area contributed by atoms with Crippen molar-refractivity contribution in [3.8, 4) is 5.75 Å². The third kappa shape index (κ3) is 6.44. The van der Waals surface area contributed by atoms with Crippen LogP contribution in [-0.4, -0.2) is 80.8 Å². The molecule has 2 amide bonds. The molecule has 1 aliphatic heterocycles. The van der Waals surface area contributed by atoms with E-state index in [0.29, 0.717) is 31.7 Å². The number of hydrogen-bond acceptors (Lipinski definition) is 7. The first kappa shape index (κ1) is 26.6. The Morgan fingerprint density at radius 3 is 2.86 bits per heavy atom. The second-order valence-electron chi connectivity index (χ2n) is 9.68. The van der Waals surface area contributed by atoms with Crippen molar-refractivity contribution in [3.63, 3.8) is 0 Å². The SMILES string of the molecule is C[C@@H]1CN([C@@H](C)CO)C(=O)CCCn2nncc2CO[C@H]1CN(C)C(=O)Oc1cccc2ccccc12. The second kappa shape index (κ2) is 12.2. The van der Waals surface area contributed by atoms with Crippen LogP contribution in [0.15, 0.2) is 48.7 Å². The summed E-state index contributed by atoms with van der Waals surface area (Å²) in [6.45, 7) is 5.15. The predicted octanol–water partition coefficient (Wildman–Crippen LogP) is 3.09. The Morgan fingerprint density at radius 1 is 1.27 bits per heavy atom. The average molecular weight is 510 g/mol. The fourth-order valence-electron chi connectivity index (χ4n) is 4.55. The number of aryl methyl sites for hydroxylation is 1. The first-order valence-electron chi connectivity index (χ1n) is 12.7. The molecule has 198 valence electrons. The second-order valence-corrected chi connectivity index (χ2v) is 9.68. The number of carbonyl (C=O) groups is 2. The van der Waals surface area contributed by atoms with E-state index in [1.165, 1.54) is 4.90 Å². The van der Waals surface area contributed by atoms with Gasteiger partial charge in [0, 0.05) is 37.9 Å². The van der Waals surface area contributed by atoms with Crippen molar-refractivity contribution in [1.82, 2.24) is 24.8 Å². The van der Waals surface area contributed by atoms with Gasteiger partial charge < -0.3 is 24.4 Å². The van der Waals surface area contributed by atoms with Gasteiger partial charge in [-0.3, -0.25) is 4.79 Å². The molecule has 1 aliphatic rings. The molecule has 2 heterocycles. The van der Waals surface area contributed by atoms with Gasteiger partial charge in [-0.15, -0.1) is 5.10 Å². The van der Waals surface area contributed by atoms with Crippen LogP contribution in [0.1, 0.15) is 32.4 Å². The van der Waals surface area contributed by atoms with Crippen LogP contribution < -0.4 is 4.74 Å². The zero-order valence-electron chi connectivity index (χ0n) is 21.6. The summed E-state index contributed by atoms with van der Waals surface area (Å²) >= 11 is 0. The topological polar surface area (TPSA) is 110 Å². The molecule has 0 saturated carbocycles. The van der Waals surface area contributed by atoms with E-state index in [9.17, 15) is 14.7 Å². The maximum atomic E-state index is 13.1. The molecule has 0 fully saturated rings. The third-order valence-electron chi connectivity index (χ3n) is 6.85. The first-order chi connectivity index (χ1) is 17.9. The van der Waals surface area contributed by atoms with Gasteiger partial charge in [0.15, 0.2) is 0 Å². The van der Waals surface area contributed by atoms with E-state index in [1.807, 2.05) is 50.2 Å². The van der Waals surface area contributed by atoms with Crippen LogP contribution in [0.5, 0.6) is 5.75 Å². The summed E-state index contributed by atoms with van der Waals surface area (Å²) in [5.74, 6) is 0.332. The largest absolute Gasteiger partial charge is 0.415 e. The minimum absolute atomic E-state index is 0.0295. The summed E-state index contributed by atoms with van der Waals surface area (Å²) in [5.41, 5.74) is 0.812. The molecule has 0 aliphatic carbocycles. The highest BCUT2D eigenvalue weighted by atomic mass is 16.6. The highest BCUT2D eigenvalue weighted by molar-refractivity contribution is 5.90. The monoisotopic (exact) mass is 509 g/mol. The lowest BCUT2D eigenvalue weighted by Crippen LogP contribution is -2.48. The number of amides is 2. The lowest BCUT2D eigenvalue weighted by Gasteiger charge is -2.35. The zero-order valence-corrected chi connectivity index (χ0v) is 21.6. The van der Waals surface area contributed by atoms with E-state index >= 15 is 0 Å². The Morgan fingerprint density at radius 2 is 2.05 bits per heavy atom. The summed E-state index contributed by atoms with van der Waals surface area (Å²) in [6, 6.07) is 13.0. The van der Waals surface area contributed by atoms with Crippen molar-refractivity contribution in [2.45, 2.75) is 52.0 Å². The summed E-state index contributed by atoms with van der Waals surface area (Å²) in [5, 5.41) is 19.7. The van der Waals surface area contributed by atoms with Gasteiger partial charge in [0.25, 0.3) is 0 Å². The predicted molar refractivity (Wildman–Crippen MR) is 138 cm³/mol. The van der Waals surface area contributed by atoms with Crippen LogP contribution in [0.4, 0.5) is 4.79 Å². The molecule has 0 bridgehead atoms. The highest BCUT2D eigenvalue weighted by Crippen LogP contribution is 2.26. The Bertz CT molecular complexity index is 1210. The van der Waals surface area contributed by atoms with Crippen molar-refractivity contribution >= 4 is 22.8 Å².